The smallest absolute Gasteiger partial charge is 0.330 e. The van der Waals surface area contributed by atoms with Gasteiger partial charge in [-0.05, 0) is 13.0 Å². The molecule has 0 aliphatic rings. The second-order valence-corrected chi connectivity index (χ2v) is 2.68. The third kappa shape index (κ3) is 428. The van der Waals surface area contributed by atoms with Gasteiger partial charge < -0.3 is 20.4 Å². The second kappa shape index (κ2) is 23.0. The van der Waals surface area contributed by atoms with Crippen LogP contribution in [-0.2, 0) is 4.57 Å². The van der Waals surface area contributed by atoms with Gasteiger partial charge in [-0.15, -0.1) is 0 Å². The van der Waals surface area contributed by atoms with Crippen LogP contribution in [-0.4, -0.2) is 21.2 Å². The van der Waals surface area contributed by atoms with Crippen LogP contribution in [0.25, 0.3) is 0 Å². The standard InChI is InChI=1S/C4H11N.4FH.H3O4P/c1-2-3-4-5;;;;;1-5(2,3)4/h2-5H2,1H3;4*1H;(H3,1,2,3,4). The van der Waals surface area contributed by atoms with Gasteiger partial charge in [-0.3, -0.25) is 18.8 Å². The van der Waals surface area contributed by atoms with E-state index in [1.54, 1.807) is 0 Å². The van der Waals surface area contributed by atoms with E-state index in [-0.39, 0.29) is 18.8 Å². The Balaban J connectivity index is -0.0000000178. The SMILES string of the molecule is CCCCN.F.F.F.F.O=P(O)(O)O. The van der Waals surface area contributed by atoms with Crippen LogP contribution in [0.5, 0.6) is 0 Å². The summed E-state index contributed by atoms with van der Waals surface area (Å²) < 4.78 is 8.88. The van der Waals surface area contributed by atoms with E-state index in [2.05, 4.69) is 6.92 Å². The Morgan fingerprint density at radius 2 is 1.29 bits per heavy atom. The molecule has 0 bridgehead atoms. The zero-order chi connectivity index (χ0) is 8.62. The first-order chi connectivity index (χ1) is 4.41. The maximum Gasteiger partial charge on any atom is 0.466 e. The molecule has 0 aromatic heterocycles. The summed E-state index contributed by atoms with van der Waals surface area (Å²) in [7, 11) is -4.64. The summed E-state index contributed by atoms with van der Waals surface area (Å²) in [6.45, 7) is 2.98. The number of nitrogens with two attached hydrogens (primary N) is 1. The minimum Gasteiger partial charge on any atom is -0.330 e. The van der Waals surface area contributed by atoms with Crippen molar-refractivity contribution in [1.82, 2.24) is 0 Å². The molecule has 5 nitrogen and oxygen atoms in total. The zero-order valence-corrected chi connectivity index (χ0v) is 8.42. The van der Waals surface area contributed by atoms with Crippen molar-refractivity contribution in [3.8, 4) is 0 Å². The van der Waals surface area contributed by atoms with Crippen LogP contribution >= 0.6 is 7.82 Å². The molecule has 0 fully saturated rings. The Bertz CT molecular complexity index is 103. The normalized spacial score (nSPS) is 7.21. The largest absolute Gasteiger partial charge is 0.466 e. The molecular weight excluding hydrogens is 233 g/mol. The minimum absolute atomic E-state index is 0. The van der Waals surface area contributed by atoms with E-state index in [1.165, 1.54) is 12.8 Å². The highest BCUT2D eigenvalue weighted by molar-refractivity contribution is 7.45. The number of phosphoric acid groups is 1. The molecule has 0 aromatic carbocycles. The van der Waals surface area contributed by atoms with Crippen LogP contribution < -0.4 is 5.73 Å². The molecule has 0 aromatic rings. The fourth-order valence-corrected chi connectivity index (χ4v) is 0.204. The molecular formula is C4H18F4NO4P. The quantitative estimate of drug-likeness (QED) is 0.421. The lowest BCUT2D eigenvalue weighted by Gasteiger charge is -1.82. The predicted molar refractivity (Wildman–Crippen MR) is 48.2 cm³/mol. The average molecular weight is 251 g/mol. The van der Waals surface area contributed by atoms with E-state index in [0.717, 1.165) is 6.54 Å². The van der Waals surface area contributed by atoms with Crippen molar-refractivity contribution in [2.75, 3.05) is 6.54 Å². The van der Waals surface area contributed by atoms with Crippen LogP contribution in [0.3, 0.4) is 0 Å². The molecule has 0 saturated heterocycles. The molecule has 0 aliphatic heterocycles. The van der Waals surface area contributed by atoms with E-state index in [9.17, 15) is 0 Å². The zero-order valence-electron chi connectivity index (χ0n) is 7.53. The summed E-state index contributed by atoms with van der Waals surface area (Å²) in [4.78, 5) is 21.6. The van der Waals surface area contributed by atoms with Crippen molar-refractivity contribution < 1.29 is 38.1 Å². The van der Waals surface area contributed by atoms with Gasteiger partial charge in [0.1, 0.15) is 0 Å². The van der Waals surface area contributed by atoms with E-state index in [1.807, 2.05) is 0 Å². The summed E-state index contributed by atoms with van der Waals surface area (Å²) in [6, 6.07) is 0. The molecule has 5 N–H and O–H groups in total. The third-order valence-electron chi connectivity index (χ3n) is 0.558. The van der Waals surface area contributed by atoms with Crippen LogP contribution in [0.4, 0.5) is 18.8 Å². The number of halogens is 4. The van der Waals surface area contributed by atoms with Crippen molar-refractivity contribution in [2.24, 2.45) is 5.73 Å². The van der Waals surface area contributed by atoms with E-state index in [4.69, 9.17) is 25.0 Å². The van der Waals surface area contributed by atoms with Gasteiger partial charge in [0.15, 0.2) is 0 Å². The van der Waals surface area contributed by atoms with Gasteiger partial charge in [0, 0.05) is 0 Å². The molecule has 0 heterocycles. The number of hydrogen-bond donors (Lipinski definition) is 4. The minimum atomic E-state index is -4.64. The topological polar surface area (TPSA) is 104 Å². The van der Waals surface area contributed by atoms with Crippen molar-refractivity contribution in [3.63, 3.8) is 0 Å². The average Bonchev–Trinajstić information content (AvgIpc) is 1.63. The first-order valence-electron chi connectivity index (χ1n) is 2.90. The molecule has 0 rings (SSSR count). The molecule has 0 unspecified atom stereocenters. The molecule has 0 atom stereocenters. The Morgan fingerprint density at radius 1 is 1.07 bits per heavy atom. The monoisotopic (exact) mass is 251 g/mol. The Kier molecular flexibility index (Phi) is 61.1. The first kappa shape index (κ1) is 37.2. The van der Waals surface area contributed by atoms with Gasteiger partial charge in [0.25, 0.3) is 0 Å². The van der Waals surface area contributed by atoms with E-state index in [0.29, 0.717) is 0 Å². The summed E-state index contributed by atoms with van der Waals surface area (Å²) in [6.07, 6.45) is 2.39. The number of rotatable bonds is 2. The molecule has 0 saturated carbocycles. The van der Waals surface area contributed by atoms with Gasteiger partial charge in [-0.2, -0.15) is 0 Å². The summed E-state index contributed by atoms with van der Waals surface area (Å²) >= 11 is 0. The fraction of sp³-hybridized carbons (Fsp3) is 1.00. The molecule has 0 amide bonds. The second-order valence-electron chi connectivity index (χ2n) is 1.66. The fourth-order valence-electron chi connectivity index (χ4n) is 0.204. The molecule has 14 heavy (non-hydrogen) atoms. The lowest BCUT2D eigenvalue weighted by molar-refractivity contribution is 0.275. The Hall–Kier alpha value is -0.210. The highest BCUT2D eigenvalue weighted by Gasteiger charge is 2.00. The van der Waals surface area contributed by atoms with Crippen LogP contribution in [0.15, 0.2) is 0 Å². The van der Waals surface area contributed by atoms with Crippen molar-refractivity contribution in [3.05, 3.63) is 0 Å². The molecule has 0 radical (unpaired) electrons. The van der Waals surface area contributed by atoms with Crippen molar-refractivity contribution in [2.45, 2.75) is 19.8 Å². The Labute approximate surface area is 79.0 Å². The van der Waals surface area contributed by atoms with E-state index < -0.39 is 7.82 Å². The molecule has 0 spiro atoms. The lowest BCUT2D eigenvalue weighted by atomic mass is 10.3. The summed E-state index contributed by atoms with van der Waals surface area (Å²) in [5, 5.41) is 0. The van der Waals surface area contributed by atoms with Gasteiger partial charge in [0.2, 0.25) is 0 Å². The molecule has 96 valence electrons. The number of unbranched alkanes of at least 4 members (excludes halogenated alkanes) is 1. The molecule has 0 aliphatic carbocycles. The van der Waals surface area contributed by atoms with Crippen LogP contribution in [0.1, 0.15) is 19.8 Å². The maximum absolute atomic E-state index is 8.88. The summed E-state index contributed by atoms with van der Waals surface area (Å²) in [5.74, 6) is 0. The van der Waals surface area contributed by atoms with Crippen molar-refractivity contribution in [1.29, 1.82) is 0 Å². The van der Waals surface area contributed by atoms with Gasteiger partial charge in [-0.1, -0.05) is 13.3 Å². The van der Waals surface area contributed by atoms with Gasteiger partial charge in [0.05, 0.1) is 0 Å². The highest BCUT2D eigenvalue weighted by Crippen LogP contribution is 2.25. The Morgan fingerprint density at radius 3 is 1.29 bits per heavy atom. The summed E-state index contributed by atoms with van der Waals surface area (Å²) in [5.41, 5.74) is 5.14. The first-order valence-corrected chi connectivity index (χ1v) is 4.46. The number of hydrogen-bond acceptors (Lipinski definition) is 2. The van der Waals surface area contributed by atoms with Crippen LogP contribution in [0, 0.1) is 0 Å². The van der Waals surface area contributed by atoms with Crippen LogP contribution in [0.2, 0.25) is 0 Å². The lowest BCUT2D eigenvalue weighted by Crippen LogP contribution is -1.95. The maximum atomic E-state index is 8.88. The highest BCUT2D eigenvalue weighted by atomic mass is 31.2. The molecule has 10 heteroatoms. The third-order valence-corrected chi connectivity index (χ3v) is 0.558. The van der Waals surface area contributed by atoms with E-state index >= 15 is 0 Å². The predicted octanol–water partition coefficient (Wildman–Crippen LogP) is 0.427. The van der Waals surface area contributed by atoms with Crippen molar-refractivity contribution >= 4 is 7.82 Å². The van der Waals surface area contributed by atoms with Gasteiger partial charge >= 0.3 is 7.82 Å². The van der Waals surface area contributed by atoms with Gasteiger partial charge in [-0.25, -0.2) is 4.57 Å².